The third kappa shape index (κ3) is 11.7. The lowest BCUT2D eigenvalue weighted by Crippen LogP contribution is -2.59. The van der Waals surface area contributed by atoms with Crippen LogP contribution in [0.4, 0.5) is 4.79 Å². The summed E-state index contributed by atoms with van der Waals surface area (Å²) in [6.45, 7) is 5.97. The fraction of sp³-hybridized carbons (Fsp3) is 0.500. The maximum Gasteiger partial charge on any atom is 0.407 e. The van der Waals surface area contributed by atoms with Crippen molar-refractivity contribution in [2.75, 3.05) is 40.1 Å². The quantitative estimate of drug-likeness (QED) is 0.144. The lowest BCUT2D eigenvalue weighted by Gasteiger charge is -2.34. The third-order valence-electron chi connectivity index (χ3n) is 5.81. The van der Waals surface area contributed by atoms with E-state index in [0.717, 1.165) is 29.9 Å². The lowest BCUT2D eigenvalue weighted by atomic mass is 10.0. The summed E-state index contributed by atoms with van der Waals surface area (Å²) in [6, 6.07) is 19.3. The highest BCUT2D eigenvalue weighted by atomic mass is 16.6. The summed E-state index contributed by atoms with van der Waals surface area (Å²) in [5.41, 5.74) is 2.32. The highest BCUT2D eigenvalue weighted by molar-refractivity contribution is 5.85. The fourth-order valence-electron chi connectivity index (χ4n) is 3.73. The van der Waals surface area contributed by atoms with E-state index in [-0.39, 0.29) is 19.1 Å². The molecule has 0 bridgehead atoms. The first-order valence-corrected chi connectivity index (χ1v) is 12.8. The molecule has 0 aromatic heterocycles. The smallest absolute Gasteiger partial charge is 0.407 e. The van der Waals surface area contributed by atoms with Crippen LogP contribution in [-0.2, 0) is 32.0 Å². The molecule has 9 heteroatoms. The van der Waals surface area contributed by atoms with Gasteiger partial charge in [-0.25, -0.2) is 15.8 Å². The number of carbonyl (C=O) groups excluding carboxylic acids is 2. The highest BCUT2D eigenvalue weighted by Gasteiger charge is 2.31. The number of methoxy groups -OCH3 is 1. The Hall–Kier alpha value is -2.98. The van der Waals surface area contributed by atoms with Gasteiger partial charge in [-0.1, -0.05) is 74.5 Å². The van der Waals surface area contributed by atoms with Crippen LogP contribution in [0.15, 0.2) is 60.7 Å². The molecule has 2 amide bonds. The van der Waals surface area contributed by atoms with Gasteiger partial charge in [0.25, 0.3) is 5.91 Å². The fourth-order valence-corrected chi connectivity index (χ4v) is 3.73. The summed E-state index contributed by atoms with van der Waals surface area (Å²) in [4.78, 5) is 25.7. The summed E-state index contributed by atoms with van der Waals surface area (Å²) < 4.78 is 15.4. The number of ether oxygens (including phenoxy) is 3. The molecule has 2 aromatic rings. The number of nitrogens with zero attached hydrogens (tertiary/aromatic N) is 2. The van der Waals surface area contributed by atoms with Crippen LogP contribution >= 0.6 is 0 Å². The van der Waals surface area contributed by atoms with E-state index < -0.39 is 18.0 Å². The summed E-state index contributed by atoms with van der Waals surface area (Å²) in [7, 11) is 1.59. The van der Waals surface area contributed by atoms with Crippen LogP contribution in [-0.4, -0.2) is 68.3 Å². The molecule has 0 aliphatic heterocycles. The zero-order chi connectivity index (χ0) is 26.9. The molecule has 0 heterocycles. The molecular weight excluding hydrogens is 472 g/mol. The number of hydrazine groups is 2. The average molecular weight is 515 g/mol. The van der Waals surface area contributed by atoms with Crippen molar-refractivity contribution in [3.8, 4) is 0 Å². The van der Waals surface area contributed by atoms with Gasteiger partial charge in [0.05, 0.1) is 19.8 Å². The SMILES string of the molecule is COCCOCCOC(=O)N[C@H](C(=O)N(N)N(CCCCc1ccccc1)Cc1ccccc1)C(C)C. The van der Waals surface area contributed by atoms with Gasteiger partial charge in [-0.15, -0.1) is 0 Å². The molecule has 1 atom stereocenters. The predicted molar refractivity (Wildman–Crippen MR) is 143 cm³/mol. The number of unbranched alkanes of at least 4 members (excludes halogenated alkanes) is 1. The largest absolute Gasteiger partial charge is 0.447 e. The molecule has 0 radical (unpaired) electrons. The molecule has 37 heavy (non-hydrogen) atoms. The van der Waals surface area contributed by atoms with E-state index in [4.69, 9.17) is 20.1 Å². The normalized spacial score (nSPS) is 11.9. The summed E-state index contributed by atoms with van der Waals surface area (Å²) in [6.07, 6.45) is 2.08. The second-order valence-electron chi connectivity index (χ2n) is 9.11. The lowest BCUT2D eigenvalue weighted by molar-refractivity contribution is -0.155. The Kier molecular flexibility index (Phi) is 14.3. The van der Waals surface area contributed by atoms with E-state index in [1.165, 1.54) is 5.56 Å². The highest BCUT2D eigenvalue weighted by Crippen LogP contribution is 2.13. The van der Waals surface area contributed by atoms with Crippen LogP contribution in [0.5, 0.6) is 0 Å². The van der Waals surface area contributed by atoms with Crippen LogP contribution in [0, 0.1) is 5.92 Å². The molecule has 2 aromatic carbocycles. The Morgan fingerprint density at radius 3 is 2.14 bits per heavy atom. The molecule has 3 N–H and O–H groups in total. The van der Waals surface area contributed by atoms with Crippen molar-refractivity contribution in [2.45, 2.75) is 45.7 Å². The van der Waals surface area contributed by atoms with Gasteiger partial charge in [0, 0.05) is 20.2 Å². The first kappa shape index (κ1) is 30.2. The maximum absolute atomic E-state index is 13.4. The minimum absolute atomic E-state index is 0.0719. The molecule has 0 spiro atoms. The first-order valence-electron chi connectivity index (χ1n) is 12.8. The van der Waals surface area contributed by atoms with E-state index in [2.05, 4.69) is 17.4 Å². The number of aryl methyl sites for hydroxylation is 1. The topological polar surface area (TPSA) is 106 Å². The second-order valence-corrected chi connectivity index (χ2v) is 9.11. The Morgan fingerprint density at radius 1 is 0.892 bits per heavy atom. The van der Waals surface area contributed by atoms with Crippen LogP contribution in [0.1, 0.15) is 37.8 Å². The summed E-state index contributed by atoms with van der Waals surface area (Å²) in [5.74, 6) is 5.78. The minimum Gasteiger partial charge on any atom is -0.447 e. The van der Waals surface area contributed by atoms with Gasteiger partial charge >= 0.3 is 6.09 Å². The molecule has 0 aliphatic carbocycles. The van der Waals surface area contributed by atoms with Crippen molar-refractivity contribution in [3.05, 3.63) is 71.8 Å². The maximum atomic E-state index is 13.4. The molecule has 0 saturated carbocycles. The van der Waals surface area contributed by atoms with E-state index in [1.807, 2.05) is 67.4 Å². The number of hydrogen-bond donors (Lipinski definition) is 2. The molecule has 9 nitrogen and oxygen atoms in total. The van der Waals surface area contributed by atoms with Crippen molar-refractivity contribution < 1.29 is 23.8 Å². The number of nitrogens with one attached hydrogen (secondary N) is 1. The van der Waals surface area contributed by atoms with Gasteiger partial charge in [0.1, 0.15) is 12.6 Å². The Morgan fingerprint density at radius 2 is 1.51 bits per heavy atom. The standard InChI is InChI=1S/C28H42N4O5/c1-23(2)26(30-28(34)37-21-20-36-19-18-35-3)27(33)32(29)31(22-25-15-8-5-9-16-25)17-11-10-14-24-12-6-4-7-13-24/h4-9,12-13,15-16,23,26H,10-11,14,17-22,29H2,1-3H3,(H,30,34)/t26-/m0/s1. The molecule has 2 rings (SSSR count). The van der Waals surface area contributed by atoms with E-state index in [0.29, 0.717) is 26.3 Å². The Bertz CT molecular complexity index is 898. The molecule has 204 valence electrons. The molecule has 0 fully saturated rings. The van der Waals surface area contributed by atoms with Gasteiger partial charge in [-0.3, -0.25) is 4.79 Å². The van der Waals surface area contributed by atoms with Crippen molar-refractivity contribution in [3.63, 3.8) is 0 Å². The van der Waals surface area contributed by atoms with Crippen molar-refractivity contribution >= 4 is 12.0 Å². The average Bonchev–Trinajstić information content (AvgIpc) is 2.91. The molecule has 0 saturated heterocycles. The van der Waals surface area contributed by atoms with Gasteiger partial charge in [-0.05, 0) is 36.3 Å². The van der Waals surface area contributed by atoms with Gasteiger partial charge in [0.15, 0.2) is 0 Å². The molecule has 0 unspecified atom stereocenters. The number of hydrogen-bond acceptors (Lipinski definition) is 7. The zero-order valence-electron chi connectivity index (χ0n) is 22.3. The van der Waals surface area contributed by atoms with Crippen LogP contribution < -0.4 is 11.2 Å². The van der Waals surface area contributed by atoms with E-state index in [1.54, 1.807) is 7.11 Å². The predicted octanol–water partition coefficient (Wildman–Crippen LogP) is 3.54. The number of rotatable bonds is 17. The molecular formula is C28H42N4O5. The summed E-state index contributed by atoms with van der Waals surface area (Å²) >= 11 is 0. The monoisotopic (exact) mass is 514 g/mol. The number of nitrogens with two attached hydrogens (primary N) is 1. The van der Waals surface area contributed by atoms with Crippen LogP contribution in [0.2, 0.25) is 0 Å². The van der Waals surface area contributed by atoms with Gasteiger partial charge < -0.3 is 19.5 Å². The van der Waals surface area contributed by atoms with Crippen molar-refractivity contribution in [2.24, 2.45) is 11.8 Å². The zero-order valence-corrected chi connectivity index (χ0v) is 22.3. The van der Waals surface area contributed by atoms with E-state index >= 15 is 0 Å². The van der Waals surface area contributed by atoms with Gasteiger partial charge in [-0.2, -0.15) is 5.01 Å². The minimum atomic E-state index is -0.838. The first-order chi connectivity index (χ1) is 17.9. The Labute approximate surface area is 220 Å². The molecule has 0 aliphatic rings. The second kappa shape index (κ2) is 17.5. The number of amides is 2. The Balaban J connectivity index is 1.96. The van der Waals surface area contributed by atoms with Crippen molar-refractivity contribution in [1.82, 2.24) is 15.4 Å². The van der Waals surface area contributed by atoms with E-state index in [9.17, 15) is 9.59 Å². The van der Waals surface area contributed by atoms with Gasteiger partial charge in [0.2, 0.25) is 0 Å². The number of alkyl carbamates (subject to hydrolysis) is 1. The van der Waals surface area contributed by atoms with Crippen LogP contribution in [0.3, 0.4) is 0 Å². The van der Waals surface area contributed by atoms with Crippen LogP contribution in [0.25, 0.3) is 0 Å². The third-order valence-corrected chi connectivity index (χ3v) is 5.81. The summed E-state index contributed by atoms with van der Waals surface area (Å²) in [5, 5.41) is 5.64. The number of benzene rings is 2. The number of carbonyl (C=O) groups is 2. The van der Waals surface area contributed by atoms with Crippen molar-refractivity contribution in [1.29, 1.82) is 0 Å².